The highest BCUT2D eigenvalue weighted by atomic mass is 35.5. The number of fused-ring (bicyclic) bond motifs is 1. The lowest BCUT2D eigenvalue weighted by Gasteiger charge is -2.19. The number of nitriles is 1. The maximum atomic E-state index is 11.2. The van der Waals surface area contributed by atoms with Gasteiger partial charge in [-0.2, -0.15) is 5.26 Å². The molecule has 0 saturated heterocycles. The van der Waals surface area contributed by atoms with Crippen molar-refractivity contribution in [3.05, 3.63) is 62.8 Å². The van der Waals surface area contributed by atoms with Gasteiger partial charge < -0.3 is 14.4 Å². The third-order valence-corrected chi connectivity index (χ3v) is 7.12. The minimum absolute atomic E-state index is 0.0206. The molecule has 0 bridgehead atoms. The Balaban J connectivity index is 0.000000248. The Kier molecular flexibility index (Phi) is 8.88. The second-order valence-corrected chi connectivity index (χ2v) is 9.44. The van der Waals surface area contributed by atoms with Gasteiger partial charge in [0.25, 0.3) is 0 Å². The first-order valence-corrected chi connectivity index (χ1v) is 12.3. The lowest BCUT2D eigenvalue weighted by atomic mass is 9.89. The Morgan fingerprint density at radius 1 is 1.21 bits per heavy atom. The van der Waals surface area contributed by atoms with Gasteiger partial charge in [-0.15, -0.1) is 0 Å². The molecule has 2 aromatic carbocycles. The monoisotopic (exact) mass is 500 g/mol. The lowest BCUT2D eigenvalue weighted by Crippen LogP contribution is -2.20. The van der Waals surface area contributed by atoms with E-state index in [2.05, 4.69) is 12.1 Å². The summed E-state index contributed by atoms with van der Waals surface area (Å²) in [5, 5.41) is 20.8. The van der Waals surface area contributed by atoms with Crippen LogP contribution in [0.5, 0.6) is 5.75 Å². The molecule has 180 valence electrons. The lowest BCUT2D eigenvalue weighted by molar-refractivity contribution is -0.149. The van der Waals surface area contributed by atoms with Crippen LogP contribution in [0.1, 0.15) is 61.4 Å². The molecule has 0 amide bonds. The van der Waals surface area contributed by atoms with E-state index in [0.29, 0.717) is 29.2 Å². The number of carbonyl (C=O) groups excluding carboxylic acids is 1. The van der Waals surface area contributed by atoms with Gasteiger partial charge in [0, 0.05) is 35.1 Å². The van der Waals surface area contributed by atoms with Crippen LogP contribution in [0.4, 0.5) is 0 Å². The van der Waals surface area contributed by atoms with Crippen molar-refractivity contribution in [3.63, 3.8) is 0 Å². The SMILES string of the molecule is CCOC(=O)C1CCCCC1.Cc1cc(C#N)cc2c1cc(Cc1c(Cl)ccc(O)c1Cl)n2C. The normalized spacial score (nSPS) is 13.8. The third-order valence-electron chi connectivity index (χ3n) is 6.35. The molecule has 0 radical (unpaired) electrons. The van der Waals surface area contributed by atoms with Crippen LogP contribution in [0.3, 0.4) is 0 Å². The Hall–Kier alpha value is -2.68. The van der Waals surface area contributed by atoms with Crippen LogP contribution in [0.15, 0.2) is 30.3 Å². The molecule has 0 spiro atoms. The molecule has 0 aliphatic heterocycles. The van der Waals surface area contributed by atoms with Crippen molar-refractivity contribution in [3.8, 4) is 11.8 Å². The van der Waals surface area contributed by atoms with Crippen molar-refractivity contribution in [1.82, 2.24) is 4.57 Å². The smallest absolute Gasteiger partial charge is 0.308 e. The molecule has 4 rings (SSSR count). The summed E-state index contributed by atoms with van der Waals surface area (Å²) in [5.41, 5.74) is 4.37. The predicted molar refractivity (Wildman–Crippen MR) is 137 cm³/mol. The Morgan fingerprint density at radius 2 is 1.91 bits per heavy atom. The van der Waals surface area contributed by atoms with Gasteiger partial charge in [-0.1, -0.05) is 42.5 Å². The van der Waals surface area contributed by atoms with E-state index in [1.165, 1.54) is 25.3 Å². The predicted octanol–water partition coefficient (Wildman–Crippen LogP) is 7.09. The quantitative estimate of drug-likeness (QED) is 0.387. The van der Waals surface area contributed by atoms with Crippen molar-refractivity contribution in [1.29, 1.82) is 5.26 Å². The zero-order valence-electron chi connectivity index (χ0n) is 19.8. The van der Waals surface area contributed by atoms with Crippen LogP contribution in [-0.4, -0.2) is 22.2 Å². The van der Waals surface area contributed by atoms with E-state index in [4.69, 9.17) is 33.2 Å². The van der Waals surface area contributed by atoms with Crippen LogP contribution in [-0.2, 0) is 23.0 Å². The molecule has 1 saturated carbocycles. The van der Waals surface area contributed by atoms with Crippen LogP contribution < -0.4 is 0 Å². The average molecular weight is 501 g/mol. The number of rotatable bonds is 4. The molecule has 1 fully saturated rings. The Bertz CT molecular complexity index is 1220. The number of aromatic hydroxyl groups is 1. The van der Waals surface area contributed by atoms with Crippen molar-refractivity contribution in [2.45, 2.75) is 52.4 Å². The van der Waals surface area contributed by atoms with Gasteiger partial charge in [0.05, 0.1) is 29.2 Å². The first-order valence-electron chi connectivity index (χ1n) is 11.6. The van der Waals surface area contributed by atoms with Gasteiger partial charge in [-0.25, -0.2) is 0 Å². The summed E-state index contributed by atoms with van der Waals surface area (Å²) in [4.78, 5) is 11.2. The molecule has 1 N–H and O–H groups in total. The van der Waals surface area contributed by atoms with E-state index >= 15 is 0 Å². The van der Waals surface area contributed by atoms with Crippen molar-refractivity contribution < 1.29 is 14.6 Å². The first kappa shape index (κ1) is 25.9. The minimum atomic E-state index is 0.0206. The number of hydrogen-bond acceptors (Lipinski definition) is 4. The summed E-state index contributed by atoms with van der Waals surface area (Å²) >= 11 is 12.4. The summed E-state index contributed by atoms with van der Waals surface area (Å²) in [7, 11) is 1.95. The van der Waals surface area contributed by atoms with E-state index in [-0.39, 0.29) is 22.7 Å². The van der Waals surface area contributed by atoms with Crippen LogP contribution in [0.2, 0.25) is 10.0 Å². The summed E-state index contributed by atoms with van der Waals surface area (Å²) in [6.07, 6.45) is 6.26. The summed E-state index contributed by atoms with van der Waals surface area (Å²) in [5.74, 6) is 0.253. The Morgan fingerprint density at radius 3 is 2.56 bits per heavy atom. The number of carbonyl (C=O) groups is 1. The molecule has 0 unspecified atom stereocenters. The molecular weight excluding hydrogens is 471 g/mol. The number of phenols is 1. The van der Waals surface area contributed by atoms with E-state index in [1.807, 2.05) is 37.6 Å². The highest BCUT2D eigenvalue weighted by Crippen LogP contribution is 2.35. The number of benzene rings is 2. The fourth-order valence-corrected chi connectivity index (χ4v) is 4.93. The number of phenolic OH excluding ortho intramolecular Hbond substituents is 1. The number of hydrogen-bond donors (Lipinski definition) is 1. The van der Waals surface area contributed by atoms with Crippen molar-refractivity contribution >= 4 is 40.1 Å². The van der Waals surface area contributed by atoms with E-state index in [9.17, 15) is 9.90 Å². The van der Waals surface area contributed by atoms with Crippen LogP contribution in [0, 0.1) is 24.2 Å². The van der Waals surface area contributed by atoms with Crippen LogP contribution >= 0.6 is 23.2 Å². The minimum Gasteiger partial charge on any atom is -0.506 e. The molecule has 3 aromatic rings. The van der Waals surface area contributed by atoms with Crippen LogP contribution in [0.25, 0.3) is 10.9 Å². The van der Waals surface area contributed by atoms with Gasteiger partial charge in [0.15, 0.2) is 0 Å². The topological polar surface area (TPSA) is 75.2 Å². The number of aryl methyl sites for hydroxylation is 2. The van der Waals surface area contributed by atoms with Crippen molar-refractivity contribution in [2.75, 3.05) is 6.61 Å². The number of halogens is 2. The molecule has 1 heterocycles. The van der Waals surface area contributed by atoms with Gasteiger partial charge in [-0.3, -0.25) is 4.79 Å². The first-order chi connectivity index (χ1) is 16.3. The fraction of sp³-hybridized carbons (Fsp3) is 0.407. The zero-order chi connectivity index (χ0) is 24.8. The second kappa shape index (κ2) is 11.6. The average Bonchev–Trinajstić information content (AvgIpc) is 3.16. The van der Waals surface area contributed by atoms with E-state index < -0.39 is 0 Å². The van der Waals surface area contributed by atoms with Gasteiger partial charge in [0.1, 0.15) is 5.75 Å². The summed E-state index contributed by atoms with van der Waals surface area (Å²) < 4.78 is 6.97. The molecule has 1 aromatic heterocycles. The molecule has 5 nitrogen and oxygen atoms in total. The molecule has 7 heteroatoms. The molecule has 1 aliphatic rings. The summed E-state index contributed by atoms with van der Waals surface area (Å²) in [6, 6.07) is 11.1. The maximum Gasteiger partial charge on any atom is 0.308 e. The largest absolute Gasteiger partial charge is 0.506 e. The van der Waals surface area contributed by atoms with E-state index in [0.717, 1.165) is 35.0 Å². The second-order valence-electron chi connectivity index (χ2n) is 8.66. The number of esters is 1. The Labute approximate surface area is 210 Å². The molecular formula is C27H30Cl2N2O3. The highest BCUT2D eigenvalue weighted by Gasteiger charge is 2.21. The number of ether oxygens (including phenoxy) is 1. The molecule has 0 atom stereocenters. The number of aromatic nitrogens is 1. The van der Waals surface area contributed by atoms with Crippen molar-refractivity contribution in [2.24, 2.45) is 13.0 Å². The fourth-order valence-electron chi connectivity index (χ4n) is 4.42. The number of nitrogens with zero attached hydrogens (tertiary/aromatic N) is 2. The van der Waals surface area contributed by atoms with E-state index in [1.54, 1.807) is 6.07 Å². The zero-order valence-corrected chi connectivity index (χ0v) is 21.3. The standard InChI is InChI=1S/C18H14Cl2N2O.C9H16O2/c1-10-5-11(9-21)6-16-13(10)7-12(22(16)2)8-14-15(19)3-4-17(23)18(14)20;1-2-11-9(10)8-6-4-3-5-7-8/h3-7,23H,8H2,1-2H3;8H,2-7H2,1H3. The van der Waals surface area contributed by atoms with Gasteiger partial charge in [0.2, 0.25) is 0 Å². The molecule has 1 aliphatic carbocycles. The summed E-state index contributed by atoms with van der Waals surface area (Å²) in [6.45, 7) is 4.37. The third kappa shape index (κ3) is 5.87. The van der Waals surface area contributed by atoms with Gasteiger partial charge in [-0.05, 0) is 68.1 Å². The van der Waals surface area contributed by atoms with Gasteiger partial charge >= 0.3 is 5.97 Å². The highest BCUT2D eigenvalue weighted by molar-refractivity contribution is 6.37. The molecule has 34 heavy (non-hydrogen) atoms. The maximum absolute atomic E-state index is 11.2.